The van der Waals surface area contributed by atoms with E-state index in [1.165, 1.54) is 4.90 Å². The second kappa shape index (κ2) is 5.41. The minimum absolute atomic E-state index is 0.292. The summed E-state index contributed by atoms with van der Waals surface area (Å²) in [5.74, 6) is -0.604. The SMILES string of the molecule is Cc1nc2ccccc2c2c1C(=O)N(c1ccc(N(C)C)cc1)C2=O. The van der Waals surface area contributed by atoms with Crippen LogP contribution in [0.1, 0.15) is 26.4 Å². The summed E-state index contributed by atoms with van der Waals surface area (Å²) in [5, 5.41) is 0.717. The number of nitrogens with zero attached hydrogens (tertiary/aromatic N) is 3. The van der Waals surface area contributed by atoms with Crippen LogP contribution < -0.4 is 9.80 Å². The number of anilines is 2. The van der Waals surface area contributed by atoms with Crippen LogP contribution in [0.25, 0.3) is 10.9 Å². The summed E-state index contributed by atoms with van der Waals surface area (Å²) in [6, 6.07) is 14.8. The summed E-state index contributed by atoms with van der Waals surface area (Å²) in [4.78, 5) is 33.7. The van der Waals surface area contributed by atoms with Crippen LogP contribution in [-0.2, 0) is 0 Å². The molecule has 0 N–H and O–H groups in total. The first-order valence-corrected chi connectivity index (χ1v) is 8.04. The van der Waals surface area contributed by atoms with Gasteiger partial charge in [-0.05, 0) is 37.3 Å². The average molecular weight is 331 g/mol. The Morgan fingerprint density at radius 1 is 0.880 bits per heavy atom. The normalized spacial score (nSPS) is 13.5. The highest BCUT2D eigenvalue weighted by molar-refractivity contribution is 6.37. The second-order valence-corrected chi connectivity index (χ2v) is 6.32. The summed E-state index contributed by atoms with van der Waals surface area (Å²) in [7, 11) is 3.89. The molecule has 2 heterocycles. The predicted molar refractivity (Wildman–Crippen MR) is 98.4 cm³/mol. The zero-order valence-electron chi connectivity index (χ0n) is 14.3. The fourth-order valence-corrected chi connectivity index (χ4v) is 3.27. The van der Waals surface area contributed by atoms with Gasteiger partial charge in [0.05, 0.1) is 28.0 Å². The van der Waals surface area contributed by atoms with Gasteiger partial charge in [-0.15, -0.1) is 0 Å². The van der Waals surface area contributed by atoms with Crippen molar-refractivity contribution < 1.29 is 9.59 Å². The molecular weight excluding hydrogens is 314 g/mol. The number of pyridine rings is 1. The monoisotopic (exact) mass is 331 g/mol. The van der Waals surface area contributed by atoms with Gasteiger partial charge in [0.1, 0.15) is 0 Å². The highest BCUT2D eigenvalue weighted by Gasteiger charge is 2.39. The van der Waals surface area contributed by atoms with Crippen LogP contribution >= 0.6 is 0 Å². The Labute approximate surface area is 145 Å². The van der Waals surface area contributed by atoms with E-state index in [0.29, 0.717) is 27.9 Å². The third kappa shape index (κ3) is 2.20. The zero-order valence-corrected chi connectivity index (χ0v) is 14.3. The number of carbonyl (C=O) groups is 2. The lowest BCUT2D eigenvalue weighted by Gasteiger charge is -2.17. The maximum Gasteiger partial charge on any atom is 0.268 e. The van der Waals surface area contributed by atoms with Gasteiger partial charge in [-0.25, -0.2) is 4.90 Å². The molecule has 0 atom stereocenters. The van der Waals surface area contributed by atoms with Crippen LogP contribution in [0.15, 0.2) is 48.5 Å². The van der Waals surface area contributed by atoms with Crippen molar-refractivity contribution in [3.63, 3.8) is 0 Å². The summed E-state index contributed by atoms with van der Waals surface area (Å²) >= 11 is 0. The number of hydrogen-bond acceptors (Lipinski definition) is 4. The quantitative estimate of drug-likeness (QED) is 0.675. The van der Waals surface area contributed by atoms with E-state index in [2.05, 4.69) is 4.98 Å². The summed E-state index contributed by atoms with van der Waals surface area (Å²) < 4.78 is 0. The van der Waals surface area contributed by atoms with E-state index in [-0.39, 0.29) is 11.8 Å². The van der Waals surface area contributed by atoms with Gasteiger partial charge in [0.2, 0.25) is 0 Å². The molecule has 0 saturated heterocycles. The molecule has 2 amide bonds. The highest BCUT2D eigenvalue weighted by Crippen LogP contribution is 2.34. The largest absolute Gasteiger partial charge is 0.378 e. The van der Waals surface area contributed by atoms with Gasteiger partial charge in [-0.1, -0.05) is 18.2 Å². The lowest BCUT2D eigenvalue weighted by molar-refractivity contribution is 0.0926. The Morgan fingerprint density at radius 2 is 1.52 bits per heavy atom. The molecule has 0 unspecified atom stereocenters. The number of aromatic nitrogens is 1. The van der Waals surface area contributed by atoms with Gasteiger partial charge in [-0.2, -0.15) is 0 Å². The number of carbonyl (C=O) groups excluding carboxylic acids is 2. The zero-order chi connectivity index (χ0) is 17.7. The maximum absolute atomic E-state index is 13.1. The van der Waals surface area contributed by atoms with E-state index in [9.17, 15) is 9.59 Å². The van der Waals surface area contributed by atoms with Crippen molar-refractivity contribution in [1.82, 2.24) is 4.98 Å². The van der Waals surface area contributed by atoms with Crippen molar-refractivity contribution in [1.29, 1.82) is 0 Å². The predicted octanol–water partition coefficient (Wildman–Crippen LogP) is 3.41. The van der Waals surface area contributed by atoms with E-state index in [0.717, 1.165) is 11.2 Å². The standard InChI is InChI=1S/C20H17N3O2/c1-12-17-18(15-6-4-5-7-16(15)21-12)20(25)23(19(17)24)14-10-8-13(9-11-14)22(2)3/h4-11H,1-3H3. The molecule has 0 saturated carbocycles. The number of fused-ring (bicyclic) bond motifs is 3. The second-order valence-electron chi connectivity index (χ2n) is 6.32. The molecule has 5 nitrogen and oxygen atoms in total. The Balaban J connectivity index is 1.88. The summed E-state index contributed by atoms with van der Waals surface area (Å²) in [5.41, 5.74) is 3.73. The third-order valence-corrected chi connectivity index (χ3v) is 4.53. The van der Waals surface area contributed by atoms with Crippen molar-refractivity contribution in [3.05, 3.63) is 65.4 Å². The lowest BCUT2D eigenvalue weighted by Crippen LogP contribution is -2.29. The number of amides is 2. The van der Waals surface area contributed by atoms with Gasteiger partial charge in [0.15, 0.2) is 0 Å². The molecule has 1 aromatic heterocycles. The molecule has 3 aromatic rings. The molecule has 4 rings (SSSR count). The first-order chi connectivity index (χ1) is 12.0. The minimum atomic E-state index is -0.312. The van der Waals surface area contributed by atoms with E-state index in [4.69, 9.17) is 0 Å². The fourth-order valence-electron chi connectivity index (χ4n) is 3.27. The van der Waals surface area contributed by atoms with E-state index < -0.39 is 0 Å². The topological polar surface area (TPSA) is 53.5 Å². The van der Waals surface area contributed by atoms with Crippen molar-refractivity contribution >= 4 is 34.1 Å². The van der Waals surface area contributed by atoms with Crippen LogP contribution in [0, 0.1) is 6.92 Å². The smallest absolute Gasteiger partial charge is 0.268 e. The van der Waals surface area contributed by atoms with Crippen molar-refractivity contribution in [2.45, 2.75) is 6.92 Å². The Hall–Kier alpha value is -3.21. The average Bonchev–Trinajstić information content (AvgIpc) is 2.87. The van der Waals surface area contributed by atoms with Crippen LogP contribution in [0.5, 0.6) is 0 Å². The molecule has 5 heteroatoms. The van der Waals surface area contributed by atoms with Gasteiger partial charge in [-0.3, -0.25) is 14.6 Å². The van der Waals surface area contributed by atoms with Gasteiger partial charge >= 0.3 is 0 Å². The number of rotatable bonds is 2. The van der Waals surface area contributed by atoms with E-state index in [1.807, 2.05) is 55.4 Å². The molecule has 0 radical (unpaired) electrons. The number of para-hydroxylation sites is 1. The van der Waals surface area contributed by atoms with Gasteiger partial charge < -0.3 is 4.90 Å². The first kappa shape index (κ1) is 15.3. The number of hydrogen-bond donors (Lipinski definition) is 0. The third-order valence-electron chi connectivity index (χ3n) is 4.53. The molecule has 2 aromatic carbocycles. The van der Waals surface area contributed by atoms with Crippen LogP contribution in [0.3, 0.4) is 0 Å². The Kier molecular flexibility index (Phi) is 3.32. The van der Waals surface area contributed by atoms with Gasteiger partial charge in [0.25, 0.3) is 11.8 Å². The highest BCUT2D eigenvalue weighted by atomic mass is 16.2. The Bertz CT molecular complexity index is 1020. The molecular formula is C20H17N3O2. The van der Waals surface area contributed by atoms with E-state index >= 15 is 0 Å². The number of benzene rings is 2. The number of aryl methyl sites for hydroxylation is 1. The summed E-state index contributed by atoms with van der Waals surface area (Å²) in [6.07, 6.45) is 0. The molecule has 25 heavy (non-hydrogen) atoms. The molecule has 1 aliphatic heterocycles. The minimum Gasteiger partial charge on any atom is -0.378 e. The van der Waals surface area contributed by atoms with Crippen molar-refractivity contribution in [2.24, 2.45) is 0 Å². The molecule has 0 bridgehead atoms. The first-order valence-electron chi connectivity index (χ1n) is 8.04. The maximum atomic E-state index is 13.1. The van der Waals surface area contributed by atoms with Crippen molar-refractivity contribution in [3.8, 4) is 0 Å². The molecule has 124 valence electrons. The Morgan fingerprint density at radius 3 is 2.20 bits per heavy atom. The lowest BCUT2D eigenvalue weighted by atomic mass is 10.0. The van der Waals surface area contributed by atoms with Crippen LogP contribution in [0.4, 0.5) is 11.4 Å². The van der Waals surface area contributed by atoms with Crippen LogP contribution in [0.2, 0.25) is 0 Å². The molecule has 0 spiro atoms. The molecule has 1 aliphatic rings. The molecule has 0 aliphatic carbocycles. The van der Waals surface area contributed by atoms with E-state index in [1.54, 1.807) is 19.1 Å². The molecule has 0 fully saturated rings. The summed E-state index contributed by atoms with van der Waals surface area (Å²) in [6.45, 7) is 1.77. The van der Waals surface area contributed by atoms with Gasteiger partial charge in [0, 0.05) is 25.2 Å². The number of imide groups is 1. The van der Waals surface area contributed by atoms with Crippen molar-refractivity contribution in [2.75, 3.05) is 23.9 Å². The fraction of sp³-hybridized carbons (Fsp3) is 0.150. The van der Waals surface area contributed by atoms with Crippen LogP contribution in [-0.4, -0.2) is 30.9 Å².